The summed E-state index contributed by atoms with van der Waals surface area (Å²) in [6.07, 6.45) is 1.60. The predicted molar refractivity (Wildman–Crippen MR) is 99.7 cm³/mol. The quantitative estimate of drug-likeness (QED) is 0.392. The minimum atomic E-state index is -0.515. The van der Waals surface area contributed by atoms with E-state index in [1.807, 2.05) is 30.3 Å². The van der Waals surface area contributed by atoms with Crippen molar-refractivity contribution in [3.63, 3.8) is 0 Å². The van der Waals surface area contributed by atoms with E-state index in [2.05, 4.69) is 25.9 Å². The van der Waals surface area contributed by atoms with E-state index in [1.165, 1.54) is 0 Å². The van der Waals surface area contributed by atoms with Crippen LogP contribution in [0.5, 0.6) is 0 Å². The first-order chi connectivity index (χ1) is 13.2. The number of nitrogens with one attached hydrogen (secondary N) is 2. The Morgan fingerprint density at radius 1 is 1.00 bits per heavy atom. The normalized spacial score (nSPS) is 10.7. The van der Waals surface area contributed by atoms with Crippen molar-refractivity contribution in [1.82, 2.24) is 15.3 Å². The molecule has 0 saturated heterocycles. The van der Waals surface area contributed by atoms with Gasteiger partial charge in [0.2, 0.25) is 5.52 Å². The van der Waals surface area contributed by atoms with Crippen molar-refractivity contribution in [3.8, 4) is 0 Å². The lowest BCUT2D eigenvalue weighted by atomic mass is 10.1. The first-order valence-electron chi connectivity index (χ1n) is 8.12. The summed E-state index contributed by atoms with van der Waals surface area (Å²) in [6.45, 7) is 0.517. The molecule has 4 aromatic rings. The Morgan fingerprint density at radius 2 is 1.78 bits per heavy atom. The van der Waals surface area contributed by atoms with E-state index in [9.17, 15) is 10.1 Å². The van der Waals surface area contributed by atoms with E-state index in [4.69, 9.17) is 4.63 Å². The lowest BCUT2D eigenvalue weighted by molar-refractivity contribution is -0.382. The Hall–Kier alpha value is -4.01. The van der Waals surface area contributed by atoms with Gasteiger partial charge in [0.25, 0.3) is 0 Å². The molecule has 0 aliphatic heterocycles. The lowest BCUT2D eigenvalue weighted by Crippen LogP contribution is -2.04. The summed E-state index contributed by atoms with van der Waals surface area (Å²) >= 11 is 0. The van der Waals surface area contributed by atoms with Crippen LogP contribution in [-0.2, 0) is 6.54 Å². The molecule has 0 atom stereocenters. The second-order valence-electron chi connectivity index (χ2n) is 5.72. The highest BCUT2D eigenvalue weighted by atomic mass is 16.6. The van der Waals surface area contributed by atoms with Crippen molar-refractivity contribution in [2.75, 3.05) is 10.6 Å². The van der Waals surface area contributed by atoms with Gasteiger partial charge >= 0.3 is 5.69 Å². The average Bonchev–Trinajstić information content (AvgIpc) is 3.17. The van der Waals surface area contributed by atoms with Crippen molar-refractivity contribution in [2.24, 2.45) is 0 Å². The molecule has 0 fully saturated rings. The van der Waals surface area contributed by atoms with Crippen LogP contribution >= 0.6 is 0 Å². The summed E-state index contributed by atoms with van der Waals surface area (Å²) in [5.41, 5.74) is 2.01. The van der Waals surface area contributed by atoms with E-state index < -0.39 is 4.92 Å². The highest BCUT2D eigenvalue weighted by Crippen LogP contribution is 2.38. The summed E-state index contributed by atoms with van der Waals surface area (Å²) in [5.74, 6) is 0.477. The SMILES string of the molecule is O=[N+]([O-])c1c(Nc2ccccn2)cc(NCc2ccccc2)c2nonc12. The Bertz CT molecular complexity index is 1080. The molecule has 2 N–H and O–H groups in total. The zero-order valence-corrected chi connectivity index (χ0v) is 14.0. The summed E-state index contributed by atoms with van der Waals surface area (Å²) in [4.78, 5) is 15.3. The zero-order chi connectivity index (χ0) is 18.6. The van der Waals surface area contributed by atoms with Crippen molar-refractivity contribution in [1.29, 1.82) is 0 Å². The third-order valence-corrected chi connectivity index (χ3v) is 3.95. The maximum atomic E-state index is 11.6. The van der Waals surface area contributed by atoms with Crippen LogP contribution in [0.2, 0.25) is 0 Å². The molecule has 0 saturated carbocycles. The first-order valence-corrected chi connectivity index (χ1v) is 8.12. The number of nitrogens with zero attached hydrogens (tertiary/aromatic N) is 4. The smallest absolute Gasteiger partial charge is 0.324 e. The number of hydrogen-bond acceptors (Lipinski definition) is 8. The molecule has 0 aliphatic carbocycles. The molecule has 0 radical (unpaired) electrons. The Kier molecular flexibility index (Phi) is 4.32. The van der Waals surface area contributed by atoms with Crippen molar-refractivity contribution in [3.05, 3.63) is 76.5 Å². The van der Waals surface area contributed by atoms with Gasteiger partial charge in [-0.3, -0.25) is 10.1 Å². The predicted octanol–water partition coefficient (Wildman–Crippen LogP) is 3.88. The van der Waals surface area contributed by atoms with Gasteiger partial charge in [0, 0.05) is 12.7 Å². The largest absolute Gasteiger partial charge is 0.379 e. The number of anilines is 3. The van der Waals surface area contributed by atoms with Crippen molar-refractivity contribution < 1.29 is 9.55 Å². The molecule has 134 valence electrons. The zero-order valence-electron chi connectivity index (χ0n) is 14.0. The molecule has 9 nitrogen and oxygen atoms in total. The number of nitro groups is 1. The molecule has 4 rings (SSSR count). The monoisotopic (exact) mass is 362 g/mol. The average molecular weight is 362 g/mol. The van der Waals surface area contributed by atoms with Gasteiger partial charge < -0.3 is 10.6 Å². The molecule has 0 amide bonds. The summed E-state index contributed by atoms with van der Waals surface area (Å²) < 4.78 is 4.77. The van der Waals surface area contributed by atoms with Crippen LogP contribution in [0.1, 0.15) is 5.56 Å². The summed E-state index contributed by atoms with van der Waals surface area (Å²) in [7, 11) is 0. The molecule has 9 heteroatoms. The maximum absolute atomic E-state index is 11.6. The fourth-order valence-electron chi connectivity index (χ4n) is 2.71. The van der Waals surface area contributed by atoms with Gasteiger partial charge in [-0.1, -0.05) is 36.4 Å². The molecule has 0 bridgehead atoms. The number of pyridine rings is 1. The van der Waals surface area contributed by atoms with Crippen LogP contribution < -0.4 is 10.6 Å². The maximum Gasteiger partial charge on any atom is 0.324 e. The van der Waals surface area contributed by atoms with Gasteiger partial charge in [-0.15, -0.1) is 0 Å². The Labute approximate surface area is 153 Å². The fourth-order valence-corrected chi connectivity index (χ4v) is 2.71. The van der Waals surface area contributed by atoms with Gasteiger partial charge in [0.15, 0.2) is 5.52 Å². The molecule has 2 aromatic heterocycles. The summed E-state index contributed by atoms with van der Waals surface area (Å²) in [5, 5.41) is 25.4. The first kappa shape index (κ1) is 16.5. The summed E-state index contributed by atoms with van der Waals surface area (Å²) in [6, 6.07) is 16.6. The number of nitro benzene ring substituents is 1. The number of benzene rings is 2. The molecule has 0 unspecified atom stereocenters. The van der Waals surface area contributed by atoms with Crippen LogP contribution in [0.4, 0.5) is 22.9 Å². The third kappa shape index (κ3) is 3.38. The van der Waals surface area contributed by atoms with Crippen molar-refractivity contribution >= 4 is 33.9 Å². The van der Waals surface area contributed by atoms with E-state index in [1.54, 1.807) is 30.5 Å². The van der Waals surface area contributed by atoms with Gasteiger partial charge in [-0.25, -0.2) is 9.61 Å². The van der Waals surface area contributed by atoms with Gasteiger partial charge in [0.1, 0.15) is 11.5 Å². The minimum absolute atomic E-state index is 0.0662. The molecule has 0 spiro atoms. The van der Waals surface area contributed by atoms with Crippen LogP contribution in [0, 0.1) is 10.1 Å². The molecule has 2 heterocycles. The van der Waals surface area contributed by atoms with E-state index in [0.717, 1.165) is 5.56 Å². The highest BCUT2D eigenvalue weighted by Gasteiger charge is 2.26. The van der Waals surface area contributed by atoms with Gasteiger partial charge in [0.05, 0.1) is 10.6 Å². The number of hydrogen-bond donors (Lipinski definition) is 2. The van der Waals surface area contributed by atoms with Crippen LogP contribution in [0.15, 0.2) is 65.4 Å². The van der Waals surface area contributed by atoms with Crippen LogP contribution in [0.3, 0.4) is 0 Å². The van der Waals surface area contributed by atoms with Crippen LogP contribution in [-0.4, -0.2) is 20.2 Å². The number of fused-ring (bicyclic) bond motifs is 1. The van der Waals surface area contributed by atoms with E-state index >= 15 is 0 Å². The van der Waals surface area contributed by atoms with Crippen molar-refractivity contribution in [2.45, 2.75) is 6.54 Å². The Morgan fingerprint density at radius 3 is 2.52 bits per heavy atom. The minimum Gasteiger partial charge on any atom is -0.379 e. The third-order valence-electron chi connectivity index (χ3n) is 3.95. The molecule has 2 aromatic carbocycles. The second kappa shape index (κ2) is 7.08. The molecule has 0 aliphatic rings. The molecular formula is C18H14N6O3. The van der Waals surface area contributed by atoms with Crippen LogP contribution in [0.25, 0.3) is 11.0 Å². The van der Waals surface area contributed by atoms with Gasteiger partial charge in [-0.2, -0.15) is 0 Å². The second-order valence-corrected chi connectivity index (χ2v) is 5.72. The Balaban J connectivity index is 1.76. The standard InChI is InChI=1S/C18H14N6O3/c25-24(26)18-14(21-15-8-4-5-9-19-15)10-13(16-17(18)23-27-22-16)20-11-12-6-2-1-3-7-12/h1-10,20H,11H2,(H,19,21). The number of aromatic nitrogens is 3. The lowest BCUT2D eigenvalue weighted by Gasteiger charge is -2.11. The van der Waals surface area contributed by atoms with E-state index in [-0.39, 0.29) is 16.9 Å². The highest BCUT2D eigenvalue weighted by molar-refractivity contribution is 6.00. The number of rotatable bonds is 6. The van der Waals surface area contributed by atoms with Gasteiger partial charge in [-0.05, 0) is 34.1 Å². The fraction of sp³-hybridized carbons (Fsp3) is 0.0556. The molecular weight excluding hydrogens is 348 g/mol. The topological polar surface area (TPSA) is 119 Å². The van der Waals surface area contributed by atoms with E-state index in [0.29, 0.717) is 23.6 Å². The molecule has 27 heavy (non-hydrogen) atoms.